The fourth-order valence-electron chi connectivity index (χ4n) is 2.25. The molecule has 1 heteroatoms. The highest BCUT2D eigenvalue weighted by molar-refractivity contribution is 5.68. The molecule has 0 saturated carbocycles. The number of hydrogen-bond donors (Lipinski definition) is 1. The maximum atomic E-state index is 3.32. The molecule has 0 heterocycles. The van der Waals surface area contributed by atoms with Gasteiger partial charge >= 0.3 is 0 Å². The first kappa shape index (κ1) is 12.8. The van der Waals surface area contributed by atoms with Gasteiger partial charge in [-0.25, -0.2) is 0 Å². The van der Waals surface area contributed by atoms with Crippen molar-refractivity contribution >= 4 is 0 Å². The summed E-state index contributed by atoms with van der Waals surface area (Å²) in [6, 6.07) is 17.8. The molecule has 0 saturated heterocycles. The monoisotopic (exact) mass is 239 g/mol. The summed E-state index contributed by atoms with van der Waals surface area (Å²) in [4.78, 5) is 0. The van der Waals surface area contributed by atoms with Crippen molar-refractivity contribution in [1.29, 1.82) is 0 Å². The largest absolute Gasteiger partial charge is 0.313 e. The highest BCUT2D eigenvalue weighted by Gasteiger charge is 2.09. The Balaban J connectivity index is 2.49. The lowest BCUT2D eigenvalue weighted by molar-refractivity contribution is 0.654. The lowest BCUT2D eigenvalue weighted by atomic mass is 9.94. The Kier molecular flexibility index (Phi) is 4.16. The second-order valence-corrected chi connectivity index (χ2v) is 4.65. The maximum absolute atomic E-state index is 3.32. The second kappa shape index (κ2) is 5.83. The van der Waals surface area contributed by atoms with E-state index in [2.05, 4.69) is 67.7 Å². The predicted octanol–water partition coefficient (Wildman–Crippen LogP) is 4.20. The normalized spacial score (nSPS) is 12.4. The van der Waals surface area contributed by atoms with E-state index in [-0.39, 0.29) is 0 Å². The predicted molar refractivity (Wildman–Crippen MR) is 78.7 cm³/mol. The van der Waals surface area contributed by atoms with Gasteiger partial charge in [0, 0.05) is 6.04 Å². The molecular formula is C17H21N. The van der Waals surface area contributed by atoms with Crippen LogP contribution in [0.3, 0.4) is 0 Å². The standard InChI is InChI=1S/C17H21N/c1-4-14-8-7-9-15(12-14)17-11-6-5-10-16(17)13(2)18-3/h5-13,18H,4H2,1-3H3. The minimum Gasteiger partial charge on any atom is -0.313 e. The van der Waals surface area contributed by atoms with Crippen LogP contribution >= 0.6 is 0 Å². The van der Waals surface area contributed by atoms with Crippen molar-refractivity contribution in [3.8, 4) is 11.1 Å². The Hall–Kier alpha value is -1.60. The van der Waals surface area contributed by atoms with E-state index in [9.17, 15) is 0 Å². The van der Waals surface area contributed by atoms with Gasteiger partial charge in [-0.05, 0) is 42.6 Å². The quantitative estimate of drug-likeness (QED) is 0.843. The Bertz CT molecular complexity index is 517. The van der Waals surface area contributed by atoms with Crippen molar-refractivity contribution in [3.05, 3.63) is 59.7 Å². The summed E-state index contributed by atoms with van der Waals surface area (Å²) in [5.74, 6) is 0. The Morgan fingerprint density at radius 3 is 2.56 bits per heavy atom. The van der Waals surface area contributed by atoms with E-state index in [4.69, 9.17) is 0 Å². The Labute approximate surface area is 110 Å². The van der Waals surface area contributed by atoms with Gasteiger partial charge in [-0.3, -0.25) is 0 Å². The molecule has 18 heavy (non-hydrogen) atoms. The molecule has 1 N–H and O–H groups in total. The molecule has 0 aliphatic carbocycles. The topological polar surface area (TPSA) is 12.0 Å². The van der Waals surface area contributed by atoms with Gasteiger partial charge in [0.05, 0.1) is 0 Å². The van der Waals surface area contributed by atoms with Crippen LogP contribution in [0, 0.1) is 0 Å². The summed E-state index contributed by atoms with van der Waals surface area (Å²) in [5.41, 5.74) is 5.38. The summed E-state index contributed by atoms with van der Waals surface area (Å²) >= 11 is 0. The van der Waals surface area contributed by atoms with Crippen LogP contribution in [0.5, 0.6) is 0 Å². The average Bonchev–Trinajstić information content (AvgIpc) is 2.46. The van der Waals surface area contributed by atoms with Gasteiger partial charge in [0.1, 0.15) is 0 Å². The maximum Gasteiger partial charge on any atom is 0.0295 e. The third kappa shape index (κ3) is 2.62. The molecule has 2 aromatic rings. The summed E-state index contributed by atoms with van der Waals surface area (Å²) < 4.78 is 0. The SMILES string of the molecule is CCc1cccc(-c2ccccc2C(C)NC)c1. The smallest absolute Gasteiger partial charge is 0.0295 e. The highest BCUT2D eigenvalue weighted by Crippen LogP contribution is 2.28. The van der Waals surface area contributed by atoms with Crippen LogP contribution < -0.4 is 5.32 Å². The summed E-state index contributed by atoms with van der Waals surface area (Å²) in [7, 11) is 2.00. The van der Waals surface area contributed by atoms with E-state index in [1.807, 2.05) is 7.05 Å². The number of aryl methyl sites for hydroxylation is 1. The van der Waals surface area contributed by atoms with Gasteiger partial charge in [0.25, 0.3) is 0 Å². The molecule has 1 nitrogen and oxygen atoms in total. The molecule has 0 amide bonds. The van der Waals surface area contributed by atoms with E-state index in [1.54, 1.807) is 0 Å². The summed E-state index contributed by atoms with van der Waals surface area (Å²) in [6.45, 7) is 4.39. The van der Waals surface area contributed by atoms with Gasteiger partial charge in [-0.1, -0.05) is 55.5 Å². The first-order valence-corrected chi connectivity index (χ1v) is 6.61. The number of benzene rings is 2. The van der Waals surface area contributed by atoms with Gasteiger partial charge in [0.15, 0.2) is 0 Å². The van der Waals surface area contributed by atoms with E-state index >= 15 is 0 Å². The molecule has 0 fully saturated rings. The van der Waals surface area contributed by atoms with E-state index in [0.717, 1.165) is 6.42 Å². The fourth-order valence-corrected chi connectivity index (χ4v) is 2.25. The molecule has 0 aromatic heterocycles. The van der Waals surface area contributed by atoms with Crippen molar-refractivity contribution < 1.29 is 0 Å². The van der Waals surface area contributed by atoms with Crippen LogP contribution in [-0.2, 0) is 6.42 Å². The molecule has 2 aromatic carbocycles. The Morgan fingerprint density at radius 1 is 1.06 bits per heavy atom. The van der Waals surface area contributed by atoms with Crippen molar-refractivity contribution in [2.24, 2.45) is 0 Å². The van der Waals surface area contributed by atoms with Crippen molar-refractivity contribution in [1.82, 2.24) is 5.32 Å². The van der Waals surface area contributed by atoms with Crippen LogP contribution in [-0.4, -0.2) is 7.05 Å². The highest BCUT2D eigenvalue weighted by atomic mass is 14.9. The van der Waals surface area contributed by atoms with Crippen LogP contribution in [0.25, 0.3) is 11.1 Å². The molecular weight excluding hydrogens is 218 g/mol. The van der Waals surface area contributed by atoms with Gasteiger partial charge in [-0.2, -0.15) is 0 Å². The summed E-state index contributed by atoms with van der Waals surface area (Å²) in [5, 5.41) is 3.32. The molecule has 94 valence electrons. The molecule has 0 bridgehead atoms. The van der Waals surface area contributed by atoms with Crippen LogP contribution in [0.2, 0.25) is 0 Å². The van der Waals surface area contributed by atoms with Crippen molar-refractivity contribution in [3.63, 3.8) is 0 Å². The minimum atomic E-state index is 0.367. The number of hydrogen-bond acceptors (Lipinski definition) is 1. The second-order valence-electron chi connectivity index (χ2n) is 4.65. The number of rotatable bonds is 4. The van der Waals surface area contributed by atoms with E-state index < -0.39 is 0 Å². The molecule has 1 unspecified atom stereocenters. The molecule has 0 aliphatic rings. The van der Waals surface area contributed by atoms with Crippen LogP contribution in [0.4, 0.5) is 0 Å². The number of nitrogens with one attached hydrogen (secondary N) is 1. The lowest BCUT2D eigenvalue weighted by Crippen LogP contribution is -2.13. The minimum absolute atomic E-state index is 0.367. The lowest BCUT2D eigenvalue weighted by Gasteiger charge is -2.16. The third-order valence-corrected chi connectivity index (χ3v) is 3.51. The van der Waals surface area contributed by atoms with Crippen molar-refractivity contribution in [2.75, 3.05) is 7.05 Å². The zero-order chi connectivity index (χ0) is 13.0. The van der Waals surface area contributed by atoms with E-state index in [0.29, 0.717) is 6.04 Å². The Morgan fingerprint density at radius 2 is 1.83 bits per heavy atom. The van der Waals surface area contributed by atoms with Gasteiger partial charge in [0.2, 0.25) is 0 Å². The molecule has 0 radical (unpaired) electrons. The zero-order valence-electron chi connectivity index (χ0n) is 11.4. The first-order chi connectivity index (χ1) is 8.76. The average molecular weight is 239 g/mol. The van der Waals surface area contributed by atoms with E-state index in [1.165, 1.54) is 22.3 Å². The molecule has 0 spiro atoms. The van der Waals surface area contributed by atoms with Crippen LogP contribution in [0.15, 0.2) is 48.5 Å². The van der Waals surface area contributed by atoms with Gasteiger partial charge in [-0.15, -0.1) is 0 Å². The van der Waals surface area contributed by atoms with Gasteiger partial charge < -0.3 is 5.32 Å². The zero-order valence-corrected chi connectivity index (χ0v) is 11.4. The summed E-state index contributed by atoms with van der Waals surface area (Å²) in [6.07, 6.45) is 1.08. The van der Waals surface area contributed by atoms with Crippen molar-refractivity contribution in [2.45, 2.75) is 26.3 Å². The fraction of sp³-hybridized carbons (Fsp3) is 0.294. The molecule has 2 rings (SSSR count). The third-order valence-electron chi connectivity index (χ3n) is 3.51. The molecule has 1 atom stereocenters. The first-order valence-electron chi connectivity index (χ1n) is 6.61. The molecule has 0 aliphatic heterocycles. The van der Waals surface area contributed by atoms with Crippen LogP contribution in [0.1, 0.15) is 31.0 Å².